The molecule has 1 saturated carbocycles. The van der Waals surface area contributed by atoms with Crippen molar-refractivity contribution in [1.29, 1.82) is 0 Å². The Morgan fingerprint density at radius 1 is 1.00 bits per heavy atom. The molecule has 2 aromatic rings. The molecule has 0 heterocycles. The first-order valence-corrected chi connectivity index (χ1v) is 8.78. The van der Waals surface area contributed by atoms with Crippen molar-refractivity contribution in [2.45, 2.75) is 25.3 Å². The van der Waals surface area contributed by atoms with Gasteiger partial charge in [0.2, 0.25) is 5.91 Å². The fourth-order valence-electron chi connectivity index (χ4n) is 2.23. The fraction of sp³-hybridized carbons (Fsp3) is 0.278. The van der Waals surface area contributed by atoms with Crippen molar-refractivity contribution in [3.63, 3.8) is 0 Å². The van der Waals surface area contributed by atoms with Crippen molar-refractivity contribution in [3.8, 4) is 0 Å². The largest absolute Gasteiger partial charge is 0.491 e. The van der Waals surface area contributed by atoms with E-state index in [1.807, 2.05) is 30.3 Å². The van der Waals surface area contributed by atoms with Gasteiger partial charge in [0.25, 0.3) is 0 Å². The molecule has 3 nitrogen and oxygen atoms in total. The zero-order valence-corrected chi connectivity index (χ0v) is 15.8. The first-order valence-electron chi connectivity index (χ1n) is 7.99. The van der Waals surface area contributed by atoms with Gasteiger partial charge in [-0.15, -0.1) is 13.2 Å². The molecule has 0 aromatic heterocycles. The number of anilines is 2. The van der Waals surface area contributed by atoms with Crippen LogP contribution in [0.1, 0.15) is 18.4 Å². The Kier molecular flexibility index (Phi) is 6.63. The Hall–Kier alpha value is -2.23. The number of alkyl halides is 6. The Bertz CT molecular complexity index is 819. The molecule has 0 spiro atoms. The lowest BCUT2D eigenvalue weighted by Crippen LogP contribution is -2.44. The molecular formula is C18H15BrF6N2O. The van der Waals surface area contributed by atoms with E-state index in [1.165, 1.54) is 0 Å². The predicted molar refractivity (Wildman–Crippen MR) is 96.3 cm³/mol. The summed E-state index contributed by atoms with van der Waals surface area (Å²) in [7, 11) is 0. The maximum absolute atomic E-state index is 13.0. The van der Waals surface area contributed by atoms with Crippen LogP contribution in [-0.4, -0.2) is 12.2 Å². The van der Waals surface area contributed by atoms with E-state index in [2.05, 4.69) is 15.9 Å². The maximum Gasteiger partial charge on any atom is 0.491 e. The minimum atomic E-state index is -5.07. The Labute approximate surface area is 165 Å². The molecule has 3 rings (SSSR count). The van der Waals surface area contributed by atoms with E-state index in [1.54, 1.807) is 0 Å². The number of hydrogen-bond donors (Lipinski definition) is 1. The van der Waals surface area contributed by atoms with Gasteiger partial charge in [0.05, 0.1) is 11.3 Å². The van der Waals surface area contributed by atoms with Gasteiger partial charge in [-0.1, -0.05) is 34.1 Å². The summed E-state index contributed by atoms with van der Waals surface area (Å²) in [6, 6.07) is 11.5. The molecule has 0 saturated heterocycles. The van der Waals surface area contributed by atoms with Crippen molar-refractivity contribution < 1.29 is 31.1 Å². The van der Waals surface area contributed by atoms with E-state index in [0.717, 1.165) is 17.8 Å². The third-order valence-corrected chi connectivity index (χ3v) is 4.41. The minimum absolute atomic E-state index is 0.314. The van der Waals surface area contributed by atoms with E-state index in [0.29, 0.717) is 18.9 Å². The van der Waals surface area contributed by atoms with Crippen LogP contribution in [0.2, 0.25) is 0 Å². The number of carbonyl (C=O) groups excluding carboxylic acids is 1. The molecule has 0 radical (unpaired) electrons. The molecule has 1 amide bonds. The first-order chi connectivity index (χ1) is 12.9. The van der Waals surface area contributed by atoms with Gasteiger partial charge < -0.3 is 5.73 Å². The summed E-state index contributed by atoms with van der Waals surface area (Å²) in [6.07, 6.45) is -9.27. The second-order valence-corrected chi connectivity index (χ2v) is 6.84. The van der Waals surface area contributed by atoms with Crippen LogP contribution in [-0.2, 0) is 11.0 Å². The van der Waals surface area contributed by atoms with Crippen LogP contribution >= 0.6 is 15.9 Å². The van der Waals surface area contributed by atoms with Crippen molar-refractivity contribution in [2.24, 2.45) is 5.92 Å². The second kappa shape index (κ2) is 8.42. The quantitative estimate of drug-likeness (QED) is 0.333. The topological polar surface area (TPSA) is 46.3 Å². The monoisotopic (exact) mass is 468 g/mol. The molecule has 10 heteroatoms. The molecule has 1 aliphatic rings. The molecule has 152 valence electrons. The number of rotatable bonds is 2. The standard InChI is InChI=1S/C12H8BrF6NO.C6H7N/c13-9-4-3-7(5-8(9)11(14,15)16)20(12(17,18)19)10(21)6-1-2-6;7-6-4-2-1-3-5-6/h3-6H,1-2H2;1-5H,7H2. The molecule has 1 aliphatic carbocycles. The lowest BCUT2D eigenvalue weighted by molar-refractivity contribution is -0.151. The van der Waals surface area contributed by atoms with Crippen molar-refractivity contribution >= 4 is 33.2 Å². The molecule has 0 unspecified atom stereocenters. The maximum atomic E-state index is 13.0. The van der Waals surface area contributed by atoms with Crippen LogP contribution in [0, 0.1) is 5.92 Å². The molecule has 28 heavy (non-hydrogen) atoms. The highest BCUT2D eigenvalue weighted by atomic mass is 79.9. The first kappa shape index (κ1) is 22.1. The fourth-order valence-corrected chi connectivity index (χ4v) is 2.71. The highest BCUT2D eigenvalue weighted by Crippen LogP contribution is 2.41. The van der Waals surface area contributed by atoms with E-state index in [4.69, 9.17) is 5.73 Å². The summed E-state index contributed by atoms with van der Waals surface area (Å²) < 4.78 is 76.8. The van der Waals surface area contributed by atoms with Gasteiger partial charge in [-0.05, 0) is 43.2 Å². The zero-order valence-electron chi connectivity index (χ0n) is 14.2. The number of hydrogen-bond acceptors (Lipinski definition) is 2. The summed E-state index contributed by atoms with van der Waals surface area (Å²) in [5.74, 6) is -2.00. The zero-order chi connectivity index (χ0) is 21.1. The van der Waals surface area contributed by atoms with Crippen molar-refractivity contribution in [2.75, 3.05) is 10.6 Å². The van der Waals surface area contributed by atoms with Crippen LogP contribution in [0.4, 0.5) is 37.7 Å². The lowest BCUT2D eigenvalue weighted by atomic mass is 10.1. The SMILES string of the molecule is Nc1ccccc1.O=C(C1CC1)N(c1ccc(Br)c(C(F)(F)F)c1)C(F)(F)F. The second-order valence-electron chi connectivity index (χ2n) is 5.99. The van der Waals surface area contributed by atoms with E-state index in [-0.39, 0.29) is 4.47 Å². The predicted octanol–water partition coefficient (Wildman–Crippen LogP) is 6.00. The van der Waals surface area contributed by atoms with Gasteiger partial charge in [-0.3, -0.25) is 4.79 Å². The summed E-state index contributed by atoms with van der Waals surface area (Å²) in [5, 5.41) is 0. The average molecular weight is 469 g/mol. The number of nitrogen functional groups attached to an aromatic ring is 1. The van der Waals surface area contributed by atoms with Gasteiger partial charge in [0, 0.05) is 16.1 Å². The molecule has 0 atom stereocenters. The van der Waals surface area contributed by atoms with Crippen LogP contribution in [0.15, 0.2) is 53.0 Å². The minimum Gasteiger partial charge on any atom is -0.399 e. The number of nitrogens with zero attached hydrogens (tertiary/aromatic N) is 1. The van der Waals surface area contributed by atoms with Gasteiger partial charge in [-0.25, -0.2) is 4.90 Å². The van der Waals surface area contributed by atoms with Crippen LogP contribution < -0.4 is 10.6 Å². The molecule has 0 aliphatic heterocycles. The number of halogens is 7. The molecular weight excluding hydrogens is 454 g/mol. The third-order valence-electron chi connectivity index (χ3n) is 3.71. The summed E-state index contributed by atoms with van der Waals surface area (Å²) in [4.78, 5) is 11.2. The smallest absolute Gasteiger partial charge is 0.399 e. The Balaban J connectivity index is 0.000000336. The van der Waals surface area contributed by atoms with Gasteiger partial charge in [-0.2, -0.15) is 13.2 Å². The lowest BCUT2D eigenvalue weighted by Gasteiger charge is -2.26. The van der Waals surface area contributed by atoms with Crippen molar-refractivity contribution in [3.05, 3.63) is 58.6 Å². The average Bonchev–Trinajstić information content (AvgIpc) is 3.40. The molecule has 1 fully saturated rings. The van der Waals surface area contributed by atoms with E-state index < -0.39 is 40.5 Å². The van der Waals surface area contributed by atoms with Gasteiger partial charge in [0.1, 0.15) is 0 Å². The van der Waals surface area contributed by atoms with Crippen molar-refractivity contribution in [1.82, 2.24) is 0 Å². The van der Waals surface area contributed by atoms with Gasteiger partial charge in [0.15, 0.2) is 0 Å². The summed E-state index contributed by atoms with van der Waals surface area (Å²) in [5.41, 5.74) is 4.08. The highest BCUT2D eigenvalue weighted by molar-refractivity contribution is 9.10. The van der Waals surface area contributed by atoms with Crippen LogP contribution in [0.25, 0.3) is 0 Å². The third kappa shape index (κ3) is 5.88. The van der Waals surface area contributed by atoms with Gasteiger partial charge >= 0.3 is 12.5 Å². The molecule has 2 N–H and O–H groups in total. The Morgan fingerprint density at radius 2 is 1.57 bits per heavy atom. The number of nitrogens with two attached hydrogens (primary N) is 1. The van der Waals surface area contributed by atoms with Crippen LogP contribution in [0.5, 0.6) is 0 Å². The van der Waals surface area contributed by atoms with E-state index >= 15 is 0 Å². The molecule has 0 bridgehead atoms. The molecule has 2 aromatic carbocycles. The Morgan fingerprint density at radius 3 is 1.96 bits per heavy atom. The number of para-hydroxylation sites is 1. The summed E-state index contributed by atoms with van der Waals surface area (Å²) >= 11 is 2.64. The van der Waals surface area contributed by atoms with E-state index in [9.17, 15) is 31.1 Å². The normalized spacial score (nSPS) is 14.1. The number of carbonyl (C=O) groups is 1. The number of amides is 1. The summed E-state index contributed by atoms with van der Waals surface area (Å²) in [6.45, 7) is 0. The highest BCUT2D eigenvalue weighted by Gasteiger charge is 2.48. The number of benzene rings is 2. The van der Waals surface area contributed by atoms with Crippen LogP contribution in [0.3, 0.4) is 0 Å².